The molecule has 2 aliphatic heterocycles. The van der Waals surface area contributed by atoms with Gasteiger partial charge in [0.15, 0.2) is 3.23 Å². The third-order valence-electron chi connectivity index (χ3n) is 2.67. The molecule has 0 unspecified atom stereocenters. The van der Waals surface area contributed by atoms with Gasteiger partial charge in [-0.25, -0.2) is 4.79 Å². The molecule has 0 aliphatic carbocycles. The minimum atomic E-state index is -0.946. The zero-order valence-corrected chi connectivity index (χ0v) is 12.0. The summed E-state index contributed by atoms with van der Waals surface area (Å²) in [7, 11) is 0. The van der Waals surface area contributed by atoms with Gasteiger partial charge in [0.2, 0.25) is 0 Å². The highest BCUT2D eigenvalue weighted by molar-refractivity contribution is 9.26. The molecule has 2 aliphatic rings. The summed E-state index contributed by atoms with van der Waals surface area (Å²) in [4.78, 5) is 24.3. The Kier molecular flexibility index (Phi) is 2.45. The largest absolute Gasteiger partial charge is 0.480 e. The van der Waals surface area contributed by atoms with Crippen molar-refractivity contribution < 1.29 is 14.7 Å². The van der Waals surface area contributed by atoms with E-state index in [1.165, 1.54) is 16.7 Å². The van der Waals surface area contributed by atoms with Crippen molar-refractivity contribution in [2.75, 3.05) is 0 Å². The van der Waals surface area contributed by atoms with Crippen molar-refractivity contribution in [3.8, 4) is 0 Å². The molecule has 0 radical (unpaired) electrons. The van der Waals surface area contributed by atoms with E-state index >= 15 is 0 Å². The van der Waals surface area contributed by atoms with E-state index in [1.54, 1.807) is 0 Å². The molecule has 15 heavy (non-hydrogen) atoms. The fourth-order valence-corrected chi connectivity index (χ4v) is 4.89. The number of hydrogen-bond acceptors (Lipinski definition) is 3. The molecule has 0 aromatic heterocycles. The second-order valence-corrected chi connectivity index (χ2v) is 9.45. The van der Waals surface area contributed by atoms with E-state index in [0.29, 0.717) is 0 Å². The lowest BCUT2D eigenvalue weighted by molar-refractivity contribution is -0.157. The second-order valence-electron chi connectivity index (χ2n) is 4.15. The maximum atomic E-state index is 11.7. The van der Waals surface area contributed by atoms with E-state index < -0.39 is 20.0 Å². The monoisotopic (exact) mass is 357 g/mol. The predicted octanol–water partition coefficient (Wildman–Crippen LogP) is 1.62. The van der Waals surface area contributed by atoms with Crippen molar-refractivity contribution >= 4 is 55.5 Å². The van der Waals surface area contributed by atoms with E-state index in [2.05, 4.69) is 31.9 Å². The van der Waals surface area contributed by atoms with Crippen molar-refractivity contribution in [2.24, 2.45) is 0 Å². The van der Waals surface area contributed by atoms with Gasteiger partial charge in [-0.3, -0.25) is 4.79 Å². The summed E-state index contributed by atoms with van der Waals surface area (Å²) >= 11 is 8.05. The highest BCUT2D eigenvalue weighted by Gasteiger charge is 2.69. The highest BCUT2D eigenvalue weighted by atomic mass is 79.9. The minimum absolute atomic E-state index is 0.152. The molecule has 2 fully saturated rings. The van der Waals surface area contributed by atoms with Crippen LogP contribution >= 0.6 is 43.6 Å². The van der Waals surface area contributed by atoms with Crippen LogP contribution in [0.1, 0.15) is 13.8 Å². The van der Waals surface area contributed by atoms with Crippen molar-refractivity contribution in [1.82, 2.24) is 4.90 Å². The second kappa shape index (κ2) is 3.13. The fraction of sp³-hybridized carbons (Fsp3) is 0.750. The summed E-state index contributed by atoms with van der Waals surface area (Å²) in [6.45, 7) is 3.69. The van der Waals surface area contributed by atoms with Crippen LogP contribution in [0.25, 0.3) is 0 Å². The molecule has 0 saturated carbocycles. The Morgan fingerprint density at radius 1 is 1.53 bits per heavy atom. The maximum absolute atomic E-state index is 11.7. The molecule has 7 heteroatoms. The van der Waals surface area contributed by atoms with E-state index in [4.69, 9.17) is 5.11 Å². The molecule has 0 bridgehead atoms. The van der Waals surface area contributed by atoms with Gasteiger partial charge in [-0.2, -0.15) is 0 Å². The molecular weight excluding hydrogens is 350 g/mol. The Morgan fingerprint density at radius 2 is 2.07 bits per heavy atom. The van der Waals surface area contributed by atoms with Gasteiger partial charge in [0, 0.05) is 4.75 Å². The van der Waals surface area contributed by atoms with Crippen LogP contribution in [0.2, 0.25) is 0 Å². The summed E-state index contributed by atoms with van der Waals surface area (Å²) < 4.78 is -1.25. The molecule has 2 rings (SSSR count). The number of carbonyl (C=O) groups excluding carboxylic acids is 1. The molecular formula is C8H9Br2NO3S. The Labute approximate surface area is 108 Å². The molecule has 4 nitrogen and oxygen atoms in total. The predicted molar refractivity (Wildman–Crippen MR) is 64.3 cm³/mol. The first-order valence-electron chi connectivity index (χ1n) is 4.31. The number of aliphatic carboxylic acids is 1. The SMILES string of the molecule is CC1(C)S[C@@H]2N(C(=O)C2(Br)Br)[C@H]1C(=O)O. The van der Waals surface area contributed by atoms with Crippen molar-refractivity contribution in [3.05, 3.63) is 0 Å². The number of amides is 1. The molecule has 2 heterocycles. The Bertz CT molecular complexity index is 358. The number of alkyl halides is 2. The Morgan fingerprint density at radius 3 is 2.53 bits per heavy atom. The number of nitrogens with zero attached hydrogens (tertiary/aromatic N) is 1. The molecule has 0 aromatic carbocycles. The van der Waals surface area contributed by atoms with Gasteiger partial charge < -0.3 is 10.0 Å². The minimum Gasteiger partial charge on any atom is -0.480 e. The molecule has 1 N–H and O–H groups in total. The molecule has 2 saturated heterocycles. The van der Waals surface area contributed by atoms with Gasteiger partial charge in [-0.15, -0.1) is 11.8 Å². The van der Waals surface area contributed by atoms with E-state index in [1.807, 2.05) is 13.8 Å². The quantitative estimate of drug-likeness (QED) is 0.571. The van der Waals surface area contributed by atoms with Gasteiger partial charge >= 0.3 is 5.97 Å². The average molecular weight is 359 g/mol. The molecule has 2 atom stereocenters. The number of rotatable bonds is 1. The van der Waals surface area contributed by atoms with Gasteiger partial charge in [0.05, 0.1) is 0 Å². The number of carbonyl (C=O) groups is 2. The summed E-state index contributed by atoms with van der Waals surface area (Å²) in [6.07, 6.45) is 0. The molecule has 1 amide bonds. The molecule has 0 aromatic rings. The van der Waals surface area contributed by atoms with Gasteiger partial charge in [0.1, 0.15) is 11.4 Å². The van der Waals surface area contributed by atoms with Gasteiger partial charge in [0.25, 0.3) is 5.91 Å². The average Bonchev–Trinajstić information content (AvgIpc) is 2.35. The van der Waals surface area contributed by atoms with Crippen LogP contribution in [0.15, 0.2) is 0 Å². The first kappa shape index (κ1) is 11.7. The van der Waals surface area contributed by atoms with Crippen LogP contribution in [0.4, 0.5) is 0 Å². The van der Waals surface area contributed by atoms with Crippen molar-refractivity contribution in [3.63, 3.8) is 0 Å². The van der Waals surface area contributed by atoms with Gasteiger partial charge in [-0.05, 0) is 13.8 Å². The lowest BCUT2D eigenvalue weighted by Crippen LogP contribution is -2.68. The maximum Gasteiger partial charge on any atom is 0.327 e. The number of halogens is 2. The topological polar surface area (TPSA) is 57.6 Å². The molecule has 0 spiro atoms. The van der Waals surface area contributed by atoms with Crippen LogP contribution in [0, 0.1) is 0 Å². The van der Waals surface area contributed by atoms with E-state index in [-0.39, 0.29) is 11.3 Å². The van der Waals surface area contributed by atoms with E-state index in [0.717, 1.165) is 0 Å². The Balaban J connectivity index is 2.37. The number of β-lactam (4-membered cyclic amide) rings is 1. The normalized spacial score (nSPS) is 36.0. The first-order chi connectivity index (χ1) is 6.69. The number of carboxylic acid groups (broad SMARTS) is 1. The van der Waals surface area contributed by atoms with Crippen LogP contribution in [-0.2, 0) is 9.59 Å². The van der Waals surface area contributed by atoms with Crippen LogP contribution in [0.5, 0.6) is 0 Å². The highest BCUT2D eigenvalue weighted by Crippen LogP contribution is 2.60. The lowest BCUT2D eigenvalue weighted by Gasteiger charge is -2.46. The zero-order valence-electron chi connectivity index (χ0n) is 8.03. The standard InChI is InChI=1S/C8H9Br2NO3S/c1-7(2)3(4(12)13)11-5(14)8(9,10)6(11)15-7/h3,6H,1-2H3,(H,12,13)/t3-,6-/m0/s1. The van der Waals surface area contributed by atoms with Crippen LogP contribution in [0.3, 0.4) is 0 Å². The first-order valence-corrected chi connectivity index (χ1v) is 6.77. The van der Waals surface area contributed by atoms with E-state index in [9.17, 15) is 9.59 Å². The zero-order chi connectivity index (χ0) is 11.6. The lowest BCUT2D eigenvalue weighted by atomic mass is 9.98. The number of fused-ring (bicyclic) bond motifs is 1. The smallest absolute Gasteiger partial charge is 0.327 e. The number of thioether (sulfide) groups is 1. The Hall–Kier alpha value is 0.250. The molecule has 84 valence electrons. The van der Waals surface area contributed by atoms with Crippen molar-refractivity contribution in [2.45, 2.75) is 33.2 Å². The summed E-state index contributed by atoms with van der Waals surface area (Å²) in [5, 5.41) is 8.97. The fourth-order valence-electron chi connectivity index (χ4n) is 1.98. The van der Waals surface area contributed by atoms with Crippen molar-refractivity contribution in [1.29, 1.82) is 0 Å². The summed E-state index contributed by atoms with van der Waals surface area (Å²) in [5.41, 5.74) is 0. The van der Waals surface area contributed by atoms with Gasteiger partial charge in [-0.1, -0.05) is 31.9 Å². The third kappa shape index (κ3) is 1.39. The van der Waals surface area contributed by atoms with Crippen LogP contribution in [-0.4, -0.2) is 41.3 Å². The summed E-state index contributed by atoms with van der Waals surface area (Å²) in [6, 6.07) is -0.747. The third-order valence-corrected chi connectivity index (χ3v) is 6.45. The number of carboxylic acids is 1. The van der Waals surface area contributed by atoms with Crippen LogP contribution < -0.4 is 0 Å². The summed E-state index contributed by atoms with van der Waals surface area (Å²) in [5.74, 6) is -1.16. The number of hydrogen-bond donors (Lipinski definition) is 1.